The normalized spacial score (nSPS) is 18.6. The number of nitrogens with one attached hydrogen (secondary N) is 1. The maximum absolute atomic E-state index is 14.1. The van der Waals surface area contributed by atoms with E-state index in [1.165, 1.54) is 6.07 Å². The Hall–Kier alpha value is -1.19. The average Bonchev–Trinajstić information content (AvgIpc) is 2.23. The lowest BCUT2D eigenvalue weighted by Crippen LogP contribution is -2.40. The lowest BCUT2D eigenvalue weighted by Gasteiger charge is -2.32. The van der Waals surface area contributed by atoms with E-state index in [-0.39, 0.29) is 5.82 Å². The Morgan fingerprint density at radius 1 is 1.10 bits per heavy atom. The molecule has 0 radical (unpaired) electrons. The van der Waals surface area contributed by atoms with Gasteiger partial charge in [0.1, 0.15) is 5.82 Å². The van der Waals surface area contributed by atoms with Gasteiger partial charge in [-0.25, -0.2) is 9.38 Å². The molecule has 1 unspecified atom stereocenters. The summed E-state index contributed by atoms with van der Waals surface area (Å²) in [6.07, 6.45) is -0.516. The highest BCUT2D eigenvalue weighted by Gasteiger charge is 2.31. The molecule has 1 heterocycles. The zero-order valence-electron chi connectivity index (χ0n) is 13.5. The first kappa shape index (κ1) is 16.2. The summed E-state index contributed by atoms with van der Waals surface area (Å²) in [4.78, 5) is 4.45. The molecule has 0 spiro atoms. The number of rotatable bonds is 3. The Labute approximate surface area is 127 Å². The molecule has 4 nitrogen and oxygen atoms in total. The second-order valence-electron chi connectivity index (χ2n) is 7.04. The van der Waals surface area contributed by atoms with Gasteiger partial charge >= 0.3 is 0 Å². The van der Waals surface area contributed by atoms with Gasteiger partial charge in [0.05, 0.1) is 11.3 Å². The summed E-state index contributed by atoms with van der Waals surface area (Å²) in [6, 6.07) is 4.91. The first-order valence-electron chi connectivity index (χ1n) is 7.05. The van der Waals surface area contributed by atoms with Crippen LogP contribution in [0.25, 0.3) is 0 Å². The van der Waals surface area contributed by atoms with Crippen LogP contribution in [0.5, 0.6) is 0 Å². The average molecular weight is 327 g/mol. The van der Waals surface area contributed by atoms with Crippen LogP contribution in [0.2, 0.25) is 39.3 Å². The number of fused-ring (bicyclic) bond motifs is 1. The summed E-state index contributed by atoms with van der Waals surface area (Å²) in [5.74, 6) is 0.0210. The molecule has 116 valence electrons. The van der Waals surface area contributed by atoms with Crippen molar-refractivity contribution in [1.82, 2.24) is 0 Å². The lowest BCUT2D eigenvalue weighted by atomic mass is 10.1. The molecule has 0 aromatic heterocycles. The summed E-state index contributed by atoms with van der Waals surface area (Å²) in [5.41, 5.74) is 1.07. The minimum Gasteiger partial charge on any atom is -0.531 e. The molecule has 21 heavy (non-hydrogen) atoms. The molecule has 0 aliphatic carbocycles. The maximum Gasteiger partial charge on any atom is 0.244 e. The van der Waals surface area contributed by atoms with Gasteiger partial charge in [0.15, 0.2) is 8.32 Å². The van der Waals surface area contributed by atoms with Crippen LogP contribution in [0.1, 0.15) is 5.56 Å². The van der Waals surface area contributed by atoms with Crippen molar-refractivity contribution in [3.05, 3.63) is 29.6 Å². The fourth-order valence-electron chi connectivity index (χ4n) is 1.96. The third kappa shape index (κ3) is 4.39. The molecule has 2 rings (SSSR count). The van der Waals surface area contributed by atoms with Crippen LogP contribution in [0.15, 0.2) is 23.2 Å². The molecule has 0 saturated carbocycles. The molecular weight excluding hydrogens is 303 g/mol. The standard InChI is InChI=1S/C14H23FN2O2Si2/c1-20(2,3)18-13-12-10(15)8-7-9-11(12)16-14(17-13)19-21(4,5)6/h7-9,14,16H,1-6H3. The van der Waals surface area contributed by atoms with Gasteiger partial charge in [0, 0.05) is 0 Å². The van der Waals surface area contributed by atoms with E-state index in [4.69, 9.17) is 8.85 Å². The van der Waals surface area contributed by atoms with Crippen molar-refractivity contribution in [3.63, 3.8) is 0 Å². The summed E-state index contributed by atoms with van der Waals surface area (Å²) < 4.78 is 26.1. The van der Waals surface area contributed by atoms with E-state index in [1.54, 1.807) is 6.07 Å². The van der Waals surface area contributed by atoms with Crippen LogP contribution < -0.4 is 5.32 Å². The van der Waals surface area contributed by atoms with E-state index in [2.05, 4.69) is 30.0 Å². The van der Waals surface area contributed by atoms with Crippen LogP contribution in [0.3, 0.4) is 0 Å². The number of halogens is 1. The van der Waals surface area contributed by atoms with Crippen LogP contribution >= 0.6 is 0 Å². The monoisotopic (exact) mass is 326 g/mol. The Balaban J connectivity index is 2.40. The summed E-state index contributed by atoms with van der Waals surface area (Å²) in [7, 11) is -3.67. The Morgan fingerprint density at radius 2 is 1.76 bits per heavy atom. The topological polar surface area (TPSA) is 42.9 Å². The fraction of sp³-hybridized carbons (Fsp3) is 0.500. The highest BCUT2D eigenvalue weighted by Crippen LogP contribution is 2.28. The van der Waals surface area contributed by atoms with Gasteiger partial charge in [0.2, 0.25) is 20.6 Å². The van der Waals surface area contributed by atoms with E-state index >= 15 is 0 Å². The second-order valence-corrected chi connectivity index (χ2v) is 15.9. The molecule has 0 saturated heterocycles. The van der Waals surface area contributed by atoms with E-state index in [0.717, 1.165) is 0 Å². The van der Waals surface area contributed by atoms with Crippen LogP contribution in [-0.2, 0) is 8.85 Å². The maximum atomic E-state index is 14.1. The van der Waals surface area contributed by atoms with Crippen molar-refractivity contribution >= 4 is 28.2 Å². The van der Waals surface area contributed by atoms with Crippen molar-refractivity contribution in [2.75, 3.05) is 5.32 Å². The van der Waals surface area contributed by atoms with Gasteiger partial charge in [-0.1, -0.05) is 6.07 Å². The lowest BCUT2D eigenvalue weighted by molar-refractivity contribution is 0.228. The quantitative estimate of drug-likeness (QED) is 0.854. The zero-order chi connectivity index (χ0) is 15.8. The van der Waals surface area contributed by atoms with E-state index in [0.29, 0.717) is 17.1 Å². The molecular formula is C14H23FN2O2Si2. The number of aliphatic imine (C=N–C) groups is 1. The van der Waals surface area contributed by atoms with Crippen molar-refractivity contribution in [2.24, 2.45) is 4.99 Å². The summed E-state index contributed by atoms with van der Waals surface area (Å²) in [5, 5.41) is 3.13. The Kier molecular flexibility index (Phi) is 4.27. The number of benzene rings is 1. The predicted molar refractivity (Wildman–Crippen MR) is 89.2 cm³/mol. The number of hydrogen-bond donors (Lipinski definition) is 1. The van der Waals surface area contributed by atoms with Crippen LogP contribution in [0, 0.1) is 5.82 Å². The second kappa shape index (κ2) is 5.54. The molecule has 0 fully saturated rings. The number of anilines is 1. The van der Waals surface area contributed by atoms with Gasteiger partial charge < -0.3 is 14.2 Å². The van der Waals surface area contributed by atoms with Crippen molar-refractivity contribution in [2.45, 2.75) is 45.6 Å². The van der Waals surface area contributed by atoms with Gasteiger partial charge in [-0.05, 0) is 51.4 Å². The van der Waals surface area contributed by atoms with Crippen LogP contribution in [0.4, 0.5) is 10.1 Å². The molecule has 7 heteroatoms. The van der Waals surface area contributed by atoms with E-state index < -0.39 is 23.0 Å². The minimum absolute atomic E-state index is 0.330. The third-order valence-electron chi connectivity index (χ3n) is 2.61. The fourth-order valence-corrected chi connectivity index (χ4v) is 3.47. The third-order valence-corrected chi connectivity index (χ3v) is 4.35. The zero-order valence-corrected chi connectivity index (χ0v) is 15.5. The molecule has 1 N–H and O–H groups in total. The minimum atomic E-state index is -1.89. The molecule has 1 aromatic carbocycles. The number of nitrogens with zero attached hydrogens (tertiary/aromatic N) is 1. The molecule has 1 atom stereocenters. The van der Waals surface area contributed by atoms with Gasteiger partial charge in [-0.3, -0.25) is 0 Å². The first-order chi connectivity index (χ1) is 9.55. The highest BCUT2D eigenvalue weighted by molar-refractivity contribution is 6.71. The van der Waals surface area contributed by atoms with Crippen molar-refractivity contribution in [3.8, 4) is 0 Å². The molecule has 0 bridgehead atoms. The summed E-state index contributed by atoms with van der Waals surface area (Å²) >= 11 is 0. The molecule has 1 aromatic rings. The first-order valence-corrected chi connectivity index (χ1v) is 13.9. The molecule has 1 aliphatic heterocycles. The predicted octanol–water partition coefficient (Wildman–Crippen LogP) is 3.98. The highest BCUT2D eigenvalue weighted by atomic mass is 28.4. The Bertz CT molecular complexity index is 565. The van der Waals surface area contributed by atoms with Gasteiger partial charge in [-0.2, -0.15) is 0 Å². The largest absolute Gasteiger partial charge is 0.531 e. The van der Waals surface area contributed by atoms with E-state index in [9.17, 15) is 4.39 Å². The van der Waals surface area contributed by atoms with Crippen molar-refractivity contribution in [1.29, 1.82) is 0 Å². The SMILES string of the molecule is C[Si](C)(C)OC1=NC(O[Si](C)(C)C)Nc2cccc(F)c21. The molecule has 0 amide bonds. The van der Waals surface area contributed by atoms with Gasteiger partial charge in [-0.15, -0.1) is 0 Å². The van der Waals surface area contributed by atoms with Crippen molar-refractivity contribution < 1.29 is 13.2 Å². The smallest absolute Gasteiger partial charge is 0.244 e. The Morgan fingerprint density at radius 3 is 2.33 bits per heavy atom. The van der Waals surface area contributed by atoms with E-state index in [1.807, 2.05) is 25.7 Å². The molecule has 1 aliphatic rings. The van der Waals surface area contributed by atoms with Gasteiger partial charge in [0.25, 0.3) is 0 Å². The van der Waals surface area contributed by atoms with Crippen LogP contribution in [-0.4, -0.2) is 28.9 Å². The number of hydrogen-bond acceptors (Lipinski definition) is 4. The summed E-state index contributed by atoms with van der Waals surface area (Å²) in [6.45, 7) is 12.4.